The fraction of sp³-hybridized carbons (Fsp3) is 0.143. The topological polar surface area (TPSA) is 115 Å². The van der Waals surface area contributed by atoms with Gasteiger partial charge in [-0.3, -0.25) is 4.79 Å². The average Bonchev–Trinajstić information content (AvgIpc) is 2.76. The molecule has 0 bridgehead atoms. The monoisotopic (exact) mass is 520 g/mol. The molecule has 0 heterocycles. The summed E-state index contributed by atoms with van der Waals surface area (Å²) in [6, 6.07) is 13.0. The summed E-state index contributed by atoms with van der Waals surface area (Å²) >= 11 is 2.02. The van der Waals surface area contributed by atoms with Crippen LogP contribution in [0.5, 0.6) is 5.75 Å². The molecule has 0 saturated heterocycles. The van der Waals surface area contributed by atoms with Gasteiger partial charge in [-0.15, -0.1) is 0 Å². The quantitative estimate of drug-likeness (QED) is 0.258. The van der Waals surface area contributed by atoms with E-state index in [0.29, 0.717) is 26.1 Å². The van der Waals surface area contributed by atoms with Gasteiger partial charge in [-0.05, 0) is 70.6 Å². The van der Waals surface area contributed by atoms with Gasteiger partial charge in [0.2, 0.25) is 0 Å². The van der Waals surface area contributed by atoms with Crippen LogP contribution in [0, 0.1) is 14.9 Å². The average molecular weight is 520 g/mol. The number of halogens is 1. The van der Waals surface area contributed by atoms with E-state index in [0.717, 1.165) is 0 Å². The SMILES string of the molecule is COC(=O)COc1ccc(/C=C(\C#N)C(=O)Nc2ccc(C(=O)OC)cc2)cc1I. The number of rotatable bonds is 7. The molecule has 2 rings (SSSR count). The van der Waals surface area contributed by atoms with E-state index < -0.39 is 17.8 Å². The number of anilines is 1. The fourth-order valence-corrected chi connectivity index (χ4v) is 2.94. The zero-order valence-electron chi connectivity index (χ0n) is 16.1. The Labute approximate surface area is 186 Å². The second-order valence-corrected chi connectivity index (χ2v) is 6.91. The van der Waals surface area contributed by atoms with Gasteiger partial charge in [0.05, 0.1) is 23.4 Å². The largest absolute Gasteiger partial charge is 0.481 e. The Bertz CT molecular complexity index is 1020. The van der Waals surface area contributed by atoms with E-state index in [1.165, 1.54) is 44.6 Å². The van der Waals surface area contributed by atoms with Gasteiger partial charge in [-0.2, -0.15) is 5.26 Å². The van der Waals surface area contributed by atoms with Crippen molar-refractivity contribution in [1.82, 2.24) is 0 Å². The standard InChI is InChI=1S/C21H17IN2O6/c1-28-19(25)12-30-18-8-3-13(10-17(18)22)9-15(11-23)20(26)24-16-6-4-14(5-7-16)21(27)29-2/h3-10H,12H2,1-2H3,(H,24,26)/b15-9+. The molecule has 0 radical (unpaired) electrons. The Morgan fingerprint density at radius 1 is 1.10 bits per heavy atom. The zero-order valence-corrected chi connectivity index (χ0v) is 18.3. The van der Waals surface area contributed by atoms with Crippen LogP contribution in [-0.2, 0) is 19.1 Å². The second-order valence-electron chi connectivity index (χ2n) is 5.75. The molecule has 0 aliphatic carbocycles. The molecule has 1 amide bonds. The first-order valence-electron chi connectivity index (χ1n) is 8.48. The molecular formula is C21H17IN2O6. The van der Waals surface area contributed by atoms with Crippen molar-refractivity contribution in [2.75, 3.05) is 26.1 Å². The highest BCUT2D eigenvalue weighted by molar-refractivity contribution is 14.1. The van der Waals surface area contributed by atoms with Crippen LogP contribution in [0.15, 0.2) is 48.0 Å². The summed E-state index contributed by atoms with van der Waals surface area (Å²) in [5.74, 6) is -1.10. The highest BCUT2D eigenvalue weighted by Crippen LogP contribution is 2.23. The highest BCUT2D eigenvalue weighted by atomic mass is 127. The molecule has 0 spiro atoms. The Balaban J connectivity index is 2.11. The van der Waals surface area contributed by atoms with Crippen LogP contribution in [0.2, 0.25) is 0 Å². The maximum atomic E-state index is 12.4. The third-order valence-electron chi connectivity index (χ3n) is 3.77. The molecule has 0 unspecified atom stereocenters. The Hall–Kier alpha value is -3.39. The lowest BCUT2D eigenvalue weighted by Crippen LogP contribution is -2.14. The number of hydrogen-bond donors (Lipinski definition) is 1. The van der Waals surface area contributed by atoms with Gasteiger partial charge in [-0.25, -0.2) is 9.59 Å². The normalized spacial score (nSPS) is 10.5. The van der Waals surface area contributed by atoms with Gasteiger partial charge in [0, 0.05) is 5.69 Å². The second kappa shape index (κ2) is 11.0. The molecule has 2 aromatic carbocycles. The molecule has 0 aliphatic heterocycles. The number of esters is 2. The molecule has 9 heteroatoms. The zero-order chi connectivity index (χ0) is 22.1. The summed E-state index contributed by atoms with van der Waals surface area (Å²) < 4.78 is 15.2. The Morgan fingerprint density at radius 3 is 2.37 bits per heavy atom. The summed E-state index contributed by atoms with van der Waals surface area (Å²) in [6.07, 6.45) is 1.43. The molecule has 0 aliphatic rings. The first-order valence-corrected chi connectivity index (χ1v) is 9.56. The van der Waals surface area contributed by atoms with E-state index in [1.807, 2.05) is 28.7 Å². The molecule has 0 aromatic heterocycles. The number of nitriles is 1. The number of nitrogens with one attached hydrogen (secondary N) is 1. The Kier molecular flexibility index (Phi) is 8.37. The van der Waals surface area contributed by atoms with E-state index in [2.05, 4.69) is 14.8 Å². The molecule has 30 heavy (non-hydrogen) atoms. The lowest BCUT2D eigenvalue weighted by Gasteiger charge is -2.08. The van der Waals surface area contributed by atoms with Crippen molar-refractivity contribution in [1.29, 1.82) is 5.26 Å². The van der Waals surface area contributed by atoms with E-state index in [1.54, 1.807) is 18.2 Å². The predicted molar refractivity (Wildman–Crippen MR) is 117 cm³/mol. The summed E-state index contributed by atoms with van der Waals surface area (Å²) in [4.78, 5) is 35.0. The number of amides is 1. The Morgan fingerprint density at radius 2 is 1.80 bits per heavy atom. The highest BCUT2D eigenvalue weighted by Gasteiger charge is 2.12. The van der Waals surface area contributed by atoms with Gasteiger partial charge in [-0.1, -0.05) is 6.07 Å². The number of benzene rings is 2. The van der Waals surface area contributed by atoms with E-state index in [9.17, 15) is 19.6 Å². The minimum Gasteiger partial charge on any atom is -0.481 e. The number of nitrogens with zero attached hydrogens (tertiary/aromatic N) is 1. The first kappa shape index (κ1) is 22.9. The molecule has 0 fully saturated rings. The fourth-order valence-electron chi connectivity index (χ4n) is 2.24. The summed E-state index contributed by atoms with van der Waals surface area (Å²) in [6.45, 7) is -0.220. The maximum absolute atomic E-state index is 12.4. The molecule has 8 nitrogen and oxygen atoms in total. The van der Waals surface area contributed by atoms with Crippen molar-refractivity contribution in [2.45, 2.75) is 0 Å². The third-order valence-corrected chi connectivity index (χ3v) is 4.61. The first-order chi connectivity index (χ1) is 14.4. The van der Waals surface area contributed by atoms with Crippen molar-refractivity contribution in [3.63, 3.8) is 0 Å². The number of hydrogen-bond acceptors (Lipinski definition) is 7. The van der Waals surface area contributed by atoms with Crippen LogP contribution >= 0.6 is 22.6 Å². The van der Waals surface area contributed by atoms with Crippen LogP contribution in [0.25, 0.3) is 6.08 Å². The maximum Gasteiger partial charge on any atom is 0.343 e. The molecule has 1 N–H and O–H groups in total. The molecule has 154 valence electrons. The van der Waals surface area contributed by atoms with Gasteiger partial charge in [0.1, 0.15) is 17.4 Å². The van der Waals surface area contributed by atoms with Crippen molar-refractivity contribution < 1.29 is 28.6 Å². The third kappa shape index (κ3) is 6.31. The van der Waals surface area contributed by atoms with E-state index in [-0.39, 0.29) is 12.2 Å². The van der Waals surface area contributed by atoms with Crippen molar-refractivity contribution in [3.05, 3.63) is 62.7 Å². The molecule has 0 atom stereocenters. The van der Waals surface area contributed by atoms with Crippen molar-refractivity contribution >= 4 is 52.2 Å². The predicted octanol–water partition coefficient (Wildman–Crippen LogP) is 3.18. The lowest BCUT2D eigenvalue weighted by atomic mass is 10.1. The summed E-state index contributed by atoms with van der Waals surface area (Å²) in [7, 11) is 2.55. The van der Waals surface area contributed by atoms with Crippen LogP contribution < -0.4 is 10.1 Å². The number of carbonyl (C=O) groups excluding carboxylic acids is 3. The molecule has 0 saturated carbocycles. The van der Waals surface area contributed by atoms with Crippen LogP contribution in [0.3, 0.4) is 0 Å². The van der Waals surface area contributed by atoms with Gasteiger partial charge < -0.3 is 19.5 Å². The minimum atomic E-state index is -0.593. The lowest BCUT2D eigenvalue weighted by molar-refractivity contribution is -0.142. The molecule has 2 aromatic rings. The molecular weight excluding hydrogens is 503 g/mol. The van der Waals surface area contributed by atoms with Crippen LogP contribution in [0.1, 0.15) is 15.9 Å². The number of carbonyl (C=O) groups is 3. The van der Waals surface area contributed by atoms with Gasteiger partial charge in [0.25, 0.3) is 5.91 Å². The van der Waals surface area contributed by atoms with Crippen LogP contribution in [-0.4, -0.2) is 38.7 Å². The van der Waals surface area contributed by atoms with Crippen molar-refractivity contribution in [2.24, 2.45) is 0 Å². The van der Waals surface area contributed by atoms with Gasteiger partial charge in [0.15, 0.2) is 6.61 Å². The minimum absolute atomic E-state index is 0.105. The summed E-state index contributed by atoms with van der Waals surface area (Å²) in [5.41, 5.74) is 1.27. The number of methoxy groups -OCH3 is 2. The van der Waals surface area contributed by atoms with Crippen molar-refractivity contribution in [3.8, 4) is 11.8 Å². The summed E-state index contributed by atoms with van der Waals surface area (Å²) in [5, 5.41) is 12.0. The van der Waals surface area contributed by atoms with E-state index in [4.69, 9.17) is 4.74 Å². The van der Waals surface area contributed by atoms with Crippen LogP contribution in [0.4, 0.5) is 5.69 Å². The smallest absolute Gasteiger partial charge is 0.343 e. The number of ether oxygens (including phenoxy) is 3. The van der Waals surface area contributed by atoms with E-state index >= 15 is 0 Å². The van der Waals surface area contributed by atoms with Gasteiger partial charge >= 0.3 is 11.9 Å².